The summed E-state index contributed by atoms with van der Waals surface area (Å²) in [5, 5.41) is 3.45. The fraction of sp³-hybridized carbons (Fsp3) is 0.316. The van der Waals surface area contributed by atoms with Crippen molar-refractivity contribution in [2.75, 3.05) is 20.6 Å². The number of guanidine groups is 1. The van der Waals surface area contributed by atoms with E-state index in [9.17, 15) is 4.39 Å². The number of hydrogen-bond acceptors (Lipinski definition) is 1. The Labute approximate surface area is 136 Å². The molecule has 0 aromatic heterocycles. The van der Waals surface area contributed by atoms with Gasteiger partial charge in [-0.15, -0.1) is 0 Å². The molecule has 0 fully saturated rings. The number of aliphatic imine (C=N–C) groups is 1. The van der Waals surface area contributed by atoms with Crippen molar-refractivity contribution < 1.29 is 4.39 Å². The van der Waals surface area contributed by atoms with Crippen LogP contribution in [0.3, 0.4) is 0 Å². The van der Waals surface area contributed by atoms with Gasteiger partial charge in [0.2, 0.25) is 0 Å². The van der Waals surface area contributed by atoms with E-state index in [4.69, 9.17) is 0 Å². The SMILES string of the molecule is CN=C(NCC1Cc2ccccc21)N(C)Cc1ccc(F)cc1. The van der Waals surface area contributed by atoms with E-state index in [1.807, 2.05) is 7.05 Å². The zero-order valence-corrected chi connectivity index (χ0v) is 13.6. The third-order valence-corrected chi connectivity index (χ3v) is 4.37. The van der Waals surface area contributed by atoms with Crippen molar-refractivity contribution in [2.24, 2.45) is 4.99 Å². The molecule has 0 bridgehead atoms. The average Bonchev–Trinajstić information content (AvgIpc) is 2.54. The predicted octanol–water partition coefficient (Wildman–Crippen LogP) is 3.17. The van der Waals surface area contributed by atoms with Gasteiger partial charge in [-0.2, -0.15) is 0 Å². The molecule has 4 heteroatoms. The number of nitrogens with one attached hydrogen (secondary N) is 1. The first kappa shape index (κ1) is 15.5. The van der Waals surface area contributed by atoms with Crippen molar-refractivity contribution in [1.82, 2.24) is 10.2 Å². The zero-order valence-electron chi connectivity index (χ0n) is 13.6. The molecule has 1 unspecified atom stereocenters. The topological polar surface area (TPSA) is 27.6 Å². The zero-order chi connectivity index (χ0) is 16.2. The van der Waals surface area contributed by atoms with E-state index < -0.39 is 0 Å². The maximum Gasteiger partial charge on any atom is 0.193 e. The molecule has 0 aliphatic heterocycles. The van der Waals surface area contributed by atoms with Crippen LogP contribution < -0.4 is 5.32 Å². The minimum absolute atomic E-state index is 0.206. The number of rotatable bonds is 4. The van der Waals surface area contributed by atoms with Crippen LogP contribution in [0.5, 0.6) is 0 Å². The van der Waals surface area contributed by atoms with Crippen LogP contribution in [-0.4, -0.2) is 31.5 Å². The van der Waals surface area contributed by atoms with Gasteiger partial charge in [-0.1, -0.05) is 36.4 Å². The molecular weight excluding hydrogens is 289 g/mol. The highest BCUT2D eigenvalue weighted by atomic mass is 19.1. The quantitative estimate of drug-likeness (QED) is 0.694. The Morgan fingerprint density at radius 2 is 1.96 bits per heavy atom. The Balaban J connectivity index is 1.55. The van der Waals surface area contributed by atoms with Crippen LogP contribution >= 0.6 is 0 Å². The van der Waals surface area contributed by atoms with E-state index in [0.29, 0.717) is 12.5 Å². The summed E-state index contributed by atoms with van der Waals surface area (Å²) in [6.45, 7) is 1.58. The highest BCUT2D eigenvalue weighted by Crippen LogP contribution is 2.33. The van der Waals surface area contributed by atoms with E-state index >= 15 is 0 Å². The molecule has 0 radical (unpaired) electrons. The van der Waals surface area contributed by atoms with Crippen molar-refractivity contribution in [3.05, 3.63) is 71.0 Å². The lowest BCUT2D eigenvalue weighted by Gasteiger charge is -2.32. The van der Waals surface area contributed by atoms with Gasteiger partial charge in [-0.05, 0) is 35.2 Å². The Bertz CT molecular complexity index is 694. The molecule has 0 spiro atoms. The van der Waals surface area contributed by atoms with Gasteiger partial charge in [0.25, 0.3) is 0 Å². The predicted molar refractivity (Wildman–Crippen MR) is 92.1 cm³/mol. The van der Waals surface area contributed by atoms with E-state index in [0.717, 1.165) is 24.5 Å². The molecule has 120 valence electrons. The molecule has 23 heavy (non-hydrogen) atoms. The van der Waals surface area contributed by atoms with Crippen molar-refractivity contribution in [2.45, 2.75) is 18.9 Å². The summed E-state index contributed by atoms with van der Waals surface area (Å²) in [5.41, 5.74) is 3.96. The molecule has 2 aromatic rings. The molecule has 1 aliphatic rings. The Morgan fingerprint density at radius 1 is 1.22 bits per heavy atom. The standard InChI is InChI=1S/C19H22FN3/c1-21-19(23(2)13-14-7-9-17(20)10-8-14)22-12-16-11-15-5-3-4-6-18(15)16/h3-10,16H,11-13H2,1-2H3,(H,21,22). The molecule has 0 heterocycles. The second-order valence-corrected chi connectivity index (χ2v) is 6.01. The van der Waals surface area contributed by atoms with Gasteiger partial charge in [-0.3, -0.25) is 4.99 Å². The maximum absolute atomic E-state index is 13.0. The second kappa shape index (κ2) is 6.82. The van der Waals surface area contributed by atoms with Crippen LogP contribution in [0, 0.1) is 5.82 Å². The Hall–Kier alpha value is -2.36. The molecule has 0 saturated carbocycles. The van der Waals surface area contributed by atoms with E-state index in [-0.39, 0.29) is 5.82 Å². The minimum atomic E-state index is -0.206. The van der Waals surface area contributed by atoms with Gasteiger partial charge in [0.1, 0.15) is 5.82 Å². The molecule has 3 nitrogen and oxygen atoms in total. The van der Waals surface area contributed by atoms with E-state index in [2.05, 4.69) is 39.5 Å². The smallest absolute Gasteiger partial charge is 0.193 e. The van der Waals surface area contributed by atoms with Crippen molar-refractivity contribution in [1.29, 1.82) is 0 Å². The lowest BCUT2D eigenvalue weighted by molar-refractivity contribution is 0.466. The third kappa shape index (κ3) is 3.52. The number of benzene rings is 2. The molecule has 1 aliphatic carbocycles. The number of nitrogens with zero attached hydrogens (tertiary/aromatic N) is 2. The summed E-state index contributed by atoms with van der Waals surface area (Å²) < 4.78 is 13.0. The summed E-state index contributed by atoms with van der Waals surface area (Å²) in [6, 6.07) is 15.2. The summed E-state index contributed by atoms with van der Waals surface area (Å²) in [6.07, 6.45) is 1.13. The van der Waals surface area contributed by atoms with Crippen molar-refractivity contribution in [3.63, 3.8) is 0 Å². The van der Waals surface area contributed by atoms with Gasteiger partial charge >= 0.3 is 0 Å². The Kier molecular flexibility index (Phi) is 4.60. The molecule has 0 amide bonds. The lowest BCUT2D eigenvalue weighted by Crippen LogP contribution is -2.41. The highest BCUT2D eigenvalue weighted by molar-refractivity contribution is 5.79. The summed E-state index contributed by atoms with van der Waals surface area (Å²) in [5.74, 6) is 1.21. The van der Waals surface area contributed by atoms with Gasteiger partial charge in [0.15, 0.2) is 5.96 Å². The van der Waals surface area contributed by atoms with Gasteiger partial charge in [-0.25, -0.2) is 4.39 Å². The molecule has 3 rings (SSSR count). The Morgan fingerprint density at radius 3 is 2.65 bits per heavy atom. The van der Waals surface area contributed by atoms with E-state index in [1.165, 1.54) is 23.3 Å². The van der Waals surface area contributed by atoms with Crippen molar-refractivity contribution in [3.8, 4) is 0 Å². The monoisotopic (exact) mass is 311 g/mol. The first-order valence-electron chi connectivity index (χ1n) is 7.91. The highest BCUT2D eigenvalue weighted by Gasteiger charge is 2.25. The number of hydrogen-bond donors (Lipinski definition) is 1. The van der Waals surface area contributed by atoms with Crippen LogP contribution in [0.25, 0.3) is 0 Å². The number of fused-ring (bicyclic) bond motifs is 1. The van der Waals surface area contributed by atoms with Crippen LogP contribution in [0.1, 0.15) is 22.6 Å². The van der Waals surface area contributed by atoms with E-state index in [1.54, 1.807) is 19.2 Å². The van der Waals surface area contributed by atoms with Gasteiger partial charge in [0.05, 0.1) is 0 Å². The fourth-order valence-corrected chi connectivity index (χ4v) is 3.08. The average molecular weight is 311 g/mol. The molecule has 0 saturated heterocycles. The maximum atomic E-state index is 13.0. The first-order chi connectivity index (χ1) is 11.2. The van der Waals surface area contributed by atoms with Crippen LogP contribution in [0.4, 0.5) is 4.39 Å². The minimum Gasteiger partial charge on any atom is -0.356 e. The van der Waals surface area contributed by atoms with Gasteiger partial charge in [0, 0.05) is 33.1 Å². The molecular formula is C19H22FN3. The normalized spacial score (nSPS) is 16.5. The van der Waals surface area contributed by atoms with Crippen molar-refractivity contribution >= 4 is 5.96 Å². The summed E-state index contributed by atoms with van der Waals surface area (Å²) in [7, 11) is 3.78. The van der Waals surface area contributed by atoms with Crippen LogP contribution in [0.2, 0.25) is 0 Å². The largest absolute Gasteiger partial charge is 0.356 e. The molecule has 2 aromatic carbocycles. The lowest BCUT2D eigenvalue weighted by atomic mass is 9.78. The number of halogens is 1. The molecule has 1 N–H and O–H groups in total. The molecule has 1 atom stereocenters. The summed E-state index contributed by atoms with van der Waals surface area (Å²) >= 11 is 0. The fourth-order valence-electron chi connectivity index (χ4n) is 3.08. The second-order valence-electron chi connectivity index (χ2n) is 6.01. The third-order valence-electron chi connectivity index (χ3n) is 4.37. The van der Waals surface area contributed by atoms with Crippen LogP contribution in [-0.2, 0) is 13.0 Å². The summed E-state index contributed by atoms with van der Waals surface area (Å²) in [4.78, 5) is 6.40. The van der Waals surface area contributed by atoms with Gasteiger partial charge < -0.3 is 10.2 Å². The van der Waals surface area contributed by atoms with Crippen LogP contribution in [0.15, 0.2) is 53.5 Å². The first-order valence-corrected chi connectivity index (χ1v) is 7.91.